The number of carbonyl (C=O) groups excluding carboxylic acids is 1. The van der Waals surface area contributed by atoms with Crippen LogP contribution in [0.4, 0.5) is 0 Å². The average Bonchev–Trinajstić information content (AvgIpc) is 3.13. The molecule has 0 aromatic carbocycles. The molecule has 0 radical (unpaired) electrons. The Balaban J connectivity index is 1.66. The van der Waals surface area contributed by atoms with Gasteiger partial charge in [-0.25, -0.2) is 0 Å². The molecule has 18 heavy (non-hydrogen) atoms. The number of rotatable bonds is 4. The minimum Gasteiger partial charge on any atom is -0.366 e. The number of carbonyl (C=O) groups is 1. The highest BCUT2D eigenvalue weighted by Crippen LogP contribution is 2.30. The van der Waals surface area contributed by atoms with Crippen LogP contribution in [0.1, 0.15) is 17.7 Å². The van der Waals surface area contributed by atoms with Crippen molar-refractivity contribution in [3.8, 4) is 0 Å². The molecule has 1 amide bonds. The molecule has 1 saturated carbocycles. The first kappa shape index (κ1) is 12.1. The van der Waals surface area contributed by atoms with Gasteiger partial charge in [-0.15, -0.1) is 11.3 Å². The number of morpholine rings is 1. The van der Waals surface area contributed by atoms with Gasteiger partial charge >= 0.3 is 0 Å². The van der Waals surface area contributed by atoms with Gasteiger partial charge in [-0.2, -0.15) is 0 Å². The molecule has 1 N–H and O–H groups in total. The average molecular weight is 266 g/mol. The molecule has 0 bridgehead atoms. The third-order valence-electron chi connectivity index (χ3n) is 3.38. The molecule has 1 unspecified atom stereocenters. The summed E-state index contributed by atoms with van der Waals surface area (Å²) in [4.78, 5) is 15.7. The summed E-state index contributed by atoms with van der Waals surface area (Å²) in [6.45, 7) is 2.86. The summed E-state index contributed by atoms with van der Waals surface area (Å²) in [5, 5.41) is 5.28. The van der Waals surface area contributed by atoms with Crippen molar-refractivity contribution in [3.05, 3.63) is 22.4 Å². The van der Waals surface area contributed by atoms with E-state index in [1.165, 1.54) is 4.88 Å². The maximum Gasteiger partial charge on any atom is 0.253 e. The summed E-state index contributed by atoms with van der Waals surface area (Å²) in [7, 11) is 0. The number of amides is 1. The fourth-order valence-electron chi connectivity index (χ4n) is 2.25. The zero-order chi connectivity index (χ0) is 12.4. The van der Waals surface area contributed by atoms with E-state index in [4.69, 9.17) is 4.74 Å². The van der Waals surface area contributed by atoms with E-state index >= 15 is 0 Å². The summed E-state index contributed by atoms with van der Waals surface area (Å²) in [5.74, 6) is 0.151. The van der Waals surface area contributed by atoms with E-state index in [1.54, 1.807) is 11.3 Å². The number of nitrogens with one attached hydrogen (secondary N) is 1. The van der Waals surface area contributed by atoms with Crippen LogP contribution >= 0.6 is 11.3 Å². The zero-order valence-electron chi connectivity index (χ0n) is 10.3. The van der Waals surface area contributed by atoms with E-state index in [-0.39, 0.29) is 12.0 Å². The fourth-order valence-corrected chi connectivity index (χ4v) is 2.96. The maximum absolute atomic E-state index is 12.5. The van der Waals surface area contributed by atoms with E-state index in [9.17, 15) is 4.79 Å². The highest BCUT2D eigenvalue weighted by atomic mass is 32.1. The molecule has 1 aliphatic heterocycles. The molecule has 2 fully saturated rings. The van der Waals surface area contributed by atoms with E-state index in [0.29, 0.717) is 19.2 Å². The Labute approximate surface area is 111 Å². The third kappa shape index (κ3) is 2.74. The first-order chi connectivity index (χ1) is 8.84. The predicted octanol–water partition coefficient (Wildman–Crippen LogP) is 1.23. The Bertz CT molecular complexity index is 397. The molecule has 0 spiro atoms. The zero-order valence-corrected chi connectivity index (χ0v) is 11.1. The van der Waals surface area contributed by atoms with Crippen molar-refractivity contribution in [2.24, 2.45) is 0 Å². The van der Waals surface area contributed by atoms with Crippen LogP contribution in [-0.2, 0) is 16.1 Å². The number of nitrogens with zero attached hydrogens (tertiary/aromatic N) is 1. The monoisotopic (exact) mass is 266 g/mol. The molecule has 1 aliphatic carbocycles. The minimum absolute atomic E-state index is 0.151. The Kier molecular flexibility index (Phi) is 3.63. The molecule has 2 aliphatic rings. The largest absolute Gasteiger partial charge is 0.366 e. The highest BCUT2D eigenvalue weighted by Gasteiger charge is 2.36. The predicted molar refractivity (Wildman–Crippen MR) is 70.5 cm³/mol. The van der Waals surface area contributed by atoms with Crippen molar-refractivity contribution < 1.29 is 9.53 Å². The molecule has 2 heterocycles. The summed E-state index contributed by atoms with van der Waals surface area (Å²) in [5.41, 5.74) is 0. The van der Waals surface area contributed by atoms with Crippen LogP contribution in [0.5, 0.6) is 0 Å². The lowest BCUT2D eigenvalue weighted by Crippen LogP contribution is -2.49. The van der Waals surface area contributed by atoms with Crippen LogP contribution in [0.3, 0.4) is 0 Å². The lowest BCUT2D eigenvalue weighted by Gasteiger charge is -2.29. The van der Waals surface area contributed by atoms with E-state index in [0.717, 1.165) is 25.9 Å². The van der Waals surface area contributed by atoms with E-state index in [1.807, 2.05) is 11.0 Å². The van der Waals surface area contributed by atoms with Gasteiger partial charge < -0.3 is 15.0 Å². The Hall–Kier alpha value is -0.910. The summed E-state index contributed by atoms with van der Waals surface area (Å²) in [6.07, 6.45) is 1.98. The first-order valence-electron chi connectivity index (χ1n) is 6.50. The summed E-state index contributed by atoms with van der Waals surface area (Å²) < 4.78 is 5.57. The van der Waals surface area contributed by atoms with Gasteiger partial charge in [0.1, 0.15) is 6.10 Å². The SMILES string of the molecule is O=C(C1CNCCO1)N(Cc1cccs1)C1CC1. The van der Waals surface area contributed by atoms with Gasteiger partial charge in [0, 0.05) is 24.0 Å². The Morgan fingerprint density at radius 3 is 3.06 bits per heavy atom. The molecule has 5 heteroatoms. The second-order valence-corrected chi connectivity index (χ2v) is 5.87. The van der Waals surface area contributed by atoms with Crippen molar-refractivity contribution >= 4 is 17.2 Å². The molecule has 3 rings (SSSR count). The summed E-state index contributed by atoms with van der Waals surface area (Å²) >= 11 is 1.71. The van der Waals surface area contributed by atoms with E-state index in [2.05, 4.69) is 16.8 Å². The van der Waals surface area contributed by atoms with Crippen LogP contribution in [0.2, 0.25) is 0 Å². The molecule has 1 saturated heterocycles. The number of ether oxygens (including phenoxy) is 1. The van der Waals surface area contributed by atoms with Crippen LogP contribution in [0.25, 0.3) is 0 Å². The van der Waals surface area contributed by atoms with Crippen molar-refractivity contribution in [2.45, 2.75) is 31.5 Å². The molecule has 1 aromatic heterocycles. The molecule has 4 nitrogen and oxygen atoms in total. The molecular weight excluding hydrogens is 248 g/mol. The second kappa shape index (κ2) is 5.38. The lowest BCUT2D eigenvalue weighted by molar-refractivity contribution is -0.146. The normalized spacial score (nSPS) is 23.9. The van der Waals surface area contributed by atoms with Crippen molar-refractivity contribution in [1.82, 2.24) is 10.2 Å². The van der Waals surface area contributed by atoms with Gasteiger partial charge in [0.2, 0.25) is 0 Å². The van der Waals surface area contributed by atoms with Crippen LogP contribution < -0.4 is 5.32 Å². The summed E-state index contributed by atoms with van der Waals surface area (Å²) in [6, 6.07) is 4.56. The third-order valence-corrected chi connectivity index (χ3v) is 4.24. The second-order valence-electron chi connectivity index (χ2n) is 4.84. The van der Waals surface area contributed by atoms with Gasteiger partial charge in [0.05, 0.1) is 13.2 Å². The highest BCUT2D eigenvalue weighted by molar-refractivity contribution is 7.09. The standard InChI is InChI=1S/C13H18N2O2S/c16-13(12-8-14-5-6-17-12)15(10-3-4-10)9-11-2-1-7-18-11/h1-2,7,10,12,14H,3-6,8-9H2. The topological polar surface area (TPSA) is 41.6 Å². The lowest BCUT2D eigenvalue weighted by atomic mass is 10.2. The van der Waals surface area contributed by atoms with Crippen molar-refractivity contribution in [2.75, 3.05) is 19.7 Å². The van der Waals surface area contributed by atoms with Crippen LogP contribution in [0, 0.1) is 0 Å². The number of thiophene rings is 1. The van der Waals surface area contributed by atoms with Crippen LogP contribution in [0.15, 0.2) is 17.5 Å². The number of hydrogen-bond acceptors (Lipinski definition) is 4. The maximum atomic E-state index is 12.5. The van der Waals surface area contributed by atoms with Gasteiger partial charge in [-0.1, -0.05) is 6.07 Å². The van der Waals surface area contributed by atoms with Gasteiger partial charge in [-0.05, 0) is 24.3 Å². The number of hydrogen-bond donors (Lipinski definition) is 1. The first-order valence-corrected chi connectivity index (χ1v) is 7.38. The Morgan fingerprint density at radius 2 is 2.44 bits per heavy atom. The van der Waals surface area contributed by atoms with Gasteiger partial charge in [-0.3, -0.25) is 4.79 Å². The van der Waals surface area contributed by atoms with E-state index < -0.39 is 0 Å². The molecule has 1 atom stereocenters. The van der Waals surface area contributed by atoms with Gasteiger partial charge in [0.25, 0.3) is 5.91 Å². The smallest absolute Gasteiger partial charge is 0.253 e. The quantitative estimate of drug-likeness (QED) is 0.891. The minimum atomic E-state index is -0.292. The molecular formula is C13H18N2O2S. The Morgan fingerprint density at radius 1 is 1.56 bits per heavy atom. The molecule has 98 valence electrons. The van der Waals surface area contributed by atoms with Crippen LogP contribution in [-0.4, -0.2) is 42.6 Å². The van der Waals surface area contributed by atoms with Gasteiger partial charge in [0.15, 0.2) is 0 Å². The van der Waals surface area contributed by atoms with Crippen molar-refractivity contribution in [1.29, 1.82) is 0 Å². The molecule has 1 aromatic rings. The van der Waals surface area contributed by atoms with Crippen molar-refractivity contribution in [3.63, 3.8) is 0 Å². The fraction of sp³-hybridized carbons (Fsp3) is 0.615.